The zero-order valence-electron chi connectivity index (χ0n) is 19.3. The van der Waals surface area contributed by atoms with Gasteiger partial charge in [0.25, 0.3) is 5.56 Å². The van der Waals surface area contributed by atoms with Crippen molar-refractivity contribution in [3.63, 3.8) is 0 Å². The molecule has 0 fully saturated rings. The number of methoxy groups -OCH3 is 1. The molecule has 1 amide bonds. The molecule has 0 radical (unpaired) electrons. The van der Waals surface area contributed by atoms with E-state index in [0.717, 1.165) is 12.1 Å². The lowest BCUT2D eigenvalue weighted by Gasteiger charge is -2.26. The van der Waals surface area contributed by atoms with Crippen LogP contribution in [0, 0.1) is 0 Å². The number of thioether (sulfide) groups is 1. The van der Waals surface area contributed by atoms with Gasteiger partial charge < -0.3 is 9.64 Å². The van der Waals surface area contributed by atoms with Crippen molar-refractivity contribution >= 4 is 34.3 Å². The molecule has 0 saturated carbocycles. The summed E-state index contributed by atoms with van der Waals surface area (Å²) in [6, 6.07) is 22.7. The van der Waals surface area contributed by atoms with E-state index in [1.54, 1.807) is 17.7 Å². The molecular formula is C27H25N3O3S. The molecule has 1 aromatic heterocycles. The van der Waals surface area contributed by atoms with Crippen LogP contribution >= 0.6 is 11.8 Å². The number of carbonyl (C=O) groups is 1. The number of hydrogen-bond donors (Lipinski definition) is 0. The van der Waals surface area contributed by atoms with E-state index < -0.39 is 5.25 Å². The topological polar surface area (TPSA) is 64.4 Å². The van der Waals surface area contributed by atoms with Crippen molar-refractivity contribution < 1.29 is 9.53 Å². The fourth-order valence-electron chi connectivity index (χ4n) is 4.46. The molecule has 0 spiro atoms. The number of aromatic nitrogens is 2. The van der Waals surface area contributed by atoms with Crippen LogP contribution in [-0.4, -0.2) is 33.9 Å². The van der Waals surface area contributed by atoms with Gasteiger partial charge in [0.1, 0.15) is 5.75 Å². The van der Waals surface area contributed by atoms with Crippen molar-refractivity contribution in [2.75, 3.05) is 12.0 Å². The Balaban J connectivity index is 1.55. The lowest BCUT2D eigenvalue weighted by atomic mass is 10.1. The number of para-hydroxylation sites is 2. The Hall–Kier alpha value is -3.58. The summed E-state index contributed by atoms with van der Waals surface area (Å²) in [6.07, 6.45) is 0.837. The first-order chi connectivity index (χ1) is 16.5. The van der Waals surface area contributed by atoms with Gasteiger partial charge in [0.2, 0.25) is 5.91 Å². The van der Waals surface area contributed by atoms with E-state index in [2.05, 4.69) is 13.0 Å². The quantitative estimate of drug-likeness (QED) is 0.307. The van der Waals surface area contributed by atoms with E-state index in [4.69, 9.17) is 9.72 Å². The van der Waals surface area contributed by atoms with E-state index >= 15 is 0 Å². The standard InChI is InChI=1S/C27H25N3O3S/c1-17-16-19-8-4-7-11-24(19)29(17)25(31)18(2)34-27-28-23-10-6-5-9-22(23)26(32)30(27)20-12-14-21(33-3)15-13-20/h4-15,17-18H,16H2,1-3H3. The molecule has 0 bridgehead atoms. The summed E-state index contributed by atoms with van der Waals surface area (Å²) in [4.78, 5) is 33.8. The predicted octanol–water partition coefficient (Wildman–Crippen LogP) is 4.85. The van der Waals surface area contributed by atoms with Crippen LogP contribution in [0.4, 0.5) is 5.69 Å². The highest BCUT2D eigenvalue weighted by molar-refractivity contribution is 8.00. The van der Waals surface area contributed by atoms with Gasteiger partial charge in [-0.2, -0.15) is 0 Å². The van der Waals surface area contributed by atoms with Crippen molar-refractivity contribution in [3.05, 3.63) is 88.7 Å². The number of nitrogens with zero attached hydrogens (tertiary/aromatic N) is 3. The molecule has 0 N–H and O–H groups in total. The average molecular weight is 472 g/mol. The molecular weight excluding hydrogens is 446 g/mol. The Morgan fingerprint density at radius 3 is 2.53 bits per heavy atom. The van der Waals surface area contributed by atoms with Gasteiger partial charge in [-0.15, -0.1) is 0 Å². The average Bonchev–Trinajstić information content (AvgIpc) is 3.19. The highest BCUT2D eigenvalue weighted by Gasteiger charge is 2.34. The SMILES string of the molecule is COc1ccc(-n2c(SC(C)C(=O)N3c4ccccc4CC3C)nc3ccccc3c2=O)cc1. The molecule has 7 heteroatoms. The first kappa shape index (κ1) is 22.2. The summed E-state index contributed by atoms with van der Waals surface area (Å²) < 4.78 is 6.85. The van der Waals surface area contributed by atoms with Gasteiger partial charge in [-0.1, -0.05) is 42.1 Å². The first-order valence-corrected chi connectivity index (χ1v) is 12.1. The number of amides is 1. The summed E-state index contributed by atoms with van der Waals surface area (Å²) in [5.74, 6) is 0.705. The van der Waals surface area contributed by atoms with Crippen LogP contribution in [0.1, 0.15) is 19.4 Å². The Labute approximate surface area is 202 Å². The number of anilines is 1. The minimum atomic E-state index is -0.439. The molecule has 5 rings (SSSR count). The monoisotopic (exact) mass is 471 g/mol. The second-order valence-corrected chi connectivity index (χ2v) is 9.71. The van der Waals surface area contributed by atoms with Gasteiger partial charge in [0.15, 0.2) is 5.16 Å². The maximum Gasteiger partial charge on any atom is 0.266 e. The van der Waals surface area contributed by atoms with Crippen LogP contribution in [-0.2, 0) is 11.2 Å². The van der Waals surface area contributed by atoms with Crippen LogP contribution < -0.4 is 15.2 Å². The van der Waals surface area contributed by atoms with Crippen molar-refractivity contribution in [3.8, 4) is 11.4 Å². The molecule has 0 aliphatic carbocycles. The Bertz CT molecular complexity index is 1430. The summed E-state index contributed by atoms with van der Waals surface area (Å²) in [5, 5.41) is 0.574. The lowest BCUT2D eigenvalue weighted by Crippen LogP contribution is -2.40. The second-order valence-electron chi connectivity index (χ2n) is 8.40. The normalized spacial score (nSPS) is 15.9. The van der Waals surface area contributed by atoms with Crippen LogP contribution in [0.3, 0.4) is 0 Å². The predicted molar refractivity (Wildman–Crippen MR) is 136 cm³/mol. The smallest absolute Gasteiger partial charge is 0.266 e. The van der Waals surface area contributed by atoms with E-state index in [1.807, 2.05) is 72.5 Å². The highest BCUT2D eigenvalue weighted by atomic mass is 32.2. The molecule has 2 heterocycles. The highest BCUT2D eigenvalue weighted by Crippen LogP contribution is 2.35. The number of fused-ring (bicyclic) bond motifs is 2. The number of benzene rings is 3. The van der Waals surface area contributed by atoms with Gasteiger partial charge in [0.05, 0.1) is 29.0 Å². The number of hydrogen-bond acceptors (Lipinski definition) is 5. The van der Waals surface area contributed by atoms with Gasteiger partial charge in [-0.3, -0.25) is 14.2 Å². The zero-order chi connectivity index (χ0) is 23.8. The van der Waals surface area contributed by atoms with Crippen LogP contribution in [0.25, 0.3) is 16.6 Å². The van der Waals surface area contributed by atoms with Crippen LogP contribution in [0.15, 0.2) is 82.7 Å². The van der Waals surface area contributed by atoms with Crippen LogP contribution in [0.2, 0.25) is 0 Å². The lowest BCUT2D eigenvalue weighted by molar-refractivity contribution is -0.118. The third kappa shape index (κ3) is 3.86. The Morgan fingerprint density at radius 1 is 1.06 bits per heavy atom. The summed E-state index contributed by atoms with van der Waals surface area (Å²) in [6.45, 7) is 3.94. The summed E-state index contributed by atoms with van der Waals surface area (Å²) in [5.41, 5.74) is 3.26. The van der Waals surface area contributed by atoms with Crippen molar-refractivity contribution in [2.45, 2.75) is 36.7 Å². The van der Waals surface area contributed by atoms with E-state index in [-0.39, 0.29) is 17.5 Å². The minimum absolute atomic E-state index is 0.00568. The molecule has 172 valence electrons. The summed E-state index contributed by atoms with van der Waals surface area (Å²) >= 11 is 1.31. The third-order valence-corrected chi connectivity index (χ3v) is 7.19. The number of ether oxygens (including phenoxy) is 1. The largest absolute Gasteiger partial charge is 0.497 e. The number of carbonyl (C=O) groups excluding carboxylic acids is 1. The molecule has 1 aliphatic heterocycles. The van der Waals surface area contributed by atoms with E-state index in [0.29, 0.717) is 27.5 Å². The van der Waals surface area contributed by atoms with Gasteiger partial charge in [-0.05, 0) is 68.3 Å². The minimum Gasteiger partial charge on any atom is -0.497 e. The first-order valence-electron chi connectivity index (χ1n) is 11.2. The zero-order valence-corrected chi connectivity index (χ0v) is 20.1. The maximum absolute atomic E-state index is 13.6. The molecule has 1 aliphatic rings. The fourth-order valence-corrected chi connectivity index (χ4v) is 5.43. The van der Waals surface area contributed by atoms with Crippen molar-refractivity contribution in [1.29, 1.82) is 0 Å². The Morgan fingerprint density at radius 2 is 1.76 bits per heavy atom. The number of rotatable bonds is 5. The summed E-state index contributed by atoms with van der Waals surface area (Å²) in [7, 11) is 1.60. The van der Waals surface area contributed by atoms with E-state index in [1.165, 1.54) is 17.3 Å². The molecule has 3 aromatic carbocycles. The van der Waals surface area contributed by atoms with Crippen molar-refractivity contribution in [2.24, 2.45) is 0 Å². The van der Waals surface area contributed by atoms with Gasteiger partial charge >= 0.3 is 0 Å². The van der Waals surface area contributed by atoms with Crippen molar-refractivity contribution in [1.82, 2.24) is 9.55 Å². The second kappa shape index (κ2) is 8.99. The van der Waals surface area contributed by atoms with E-state index in [9.17, 15) is 9.59 Å². The Kier molecular flexibility index (Phi) is 5.87. The van der Waals surface area contributed by atoms with Gasteiger partial charge in [-0.25, -0.2) is 4.98 Å². The molecule has 2 atom stereocenters. The van der Waals surface area contributed by atoms with Crippen LogP contribution in [0.5, 0.6) is 5.75 Å². The third-order valence-electron chi connectivity index (χ3n) is 6.15. The fraction of sp³-hybridized carbons (Fsp3) is 0.222. The molecule has 4 aromatic rings. The molecule has 0 saturated heterocycles. The maximum atomic E-state index is 13.6. The molecule has 34 heavy (non-hydrogen) atoms. The van der Waals surface area contributed by atoms with Gasteiger partial charge in [0, 0.05) is 11.7 Å². The molecule has 2 unspecified atom stereocenters. The molecule has 6 nitrogen and oxygen atoms in total.